The van der Waals surface area contributed by atoms with E-state index in [9.17, 15) is 4.79 Å². The highest BCUT2D eigenvalue weighted by atomic mass is 35.5. The minimum atomic E-state index is 0.0707. The number of rotatable bonds is 5. The van der Waals surface area contributed by atoms with Crippen LogP contribution in [0.25, 0.3) is 0 Å². The Morgan fingerprint density at radius 3 is 2.31 bits per heavy atom. The highest BCUT2D eigenvalue weighted by molar-refractivity contribution is 6.30. The molecule has 0 aromatic heterocycles. The molecular formula is C13H18ClNO. The predicted octanol–water partition coefficient (Wildman–Crippen LogP) is 3.00. The monoisotopic (exact) mass is 239 g/mol. The highest BCUT2D eigenvalue weighted by Crippen LogP contribution is 2.22. The summed E-state index contributed by atoms with van der Waals surface area (Å²) in [6, 6.07) is 7.54. The second-order valence-corrected chi connectivity index (χ2v) is 4.75. The van der Waals surface area contributed by atoms with E-state index in [2.05, 4.69) is 0 Å². The smallest absolute Gasteiger partial charge is 0.136 e. The van der Waals surface area contributed by atoms with Crippen molar-refractivity contribution in [2.45, 2.75) is 26.2 Å². The Hall–Kier alpha value is -0.860. The molecule has 0 saturated heterocycles. The van der Waals surface area contributed by atoms with Crippen molar-refractivity contribution in [3.8, 4) is 0 Å². The van der Waals surface area contributed by atoms with Gasteiger partial charge < -0.3 is 5.73 Å². The van der Waals surface area contributed by atoms with E-state index in [0.29, 0.717) is 18.0 Å². The maximum atomic E-state index is 11.7. The summed E-state index contributed by atoms with van der Waals surface area (Å²) in [6.07, 6.45) is 0.510. The fraction of sp³-hybridized carbons (Fsp3) is 0.462. The summed E-state index contributed by atoms with van der Waals surface area (Å²) in [5.74, 6) is 0.430. The van der Waals surface area contributed by atoms with Crippen LogP contribution in [0.3, 0.4) is 0 Å². The van der Waals surface area contributed by atoms with Crippen molar-refractivity contribution < 1.29 is 4.79 Å². The van der Waals surface area contributed by atoms with Crippen molar-refractivity contribution in [1.82, 2.24) is 0 Å². The molecule has 0 radical (unpaired) electrons. The minimum Gasteiger partial charge on any atom is -0.330 e. The average molecular weight is 240 g/mol. The molecule has 0 amide bonds. The van der Waals surface area contributed by atoms with Gasteiger partial charge in [-0.1, -0.05) is 37.6 Å². The summed E-state index contributed by atoms with van der Waals surface area (Å²) < 4.78 is 0. The summed E-state index contributed by atoms with van der Waals surface area (Å²) in [4.78, 5) is 11.7. The third kappa shape index (κ3) is 3.62. The van der Waals surface area contributed by atoms with E-state index in [1.165, 1.54) is 0 Å². The normalized spacial score (nSPS) is 12.8. The summed E-state index contributed by atoms with van der Waals surface area (Å²) in [7, 11) is 0. The van der Waals surface area contributed by atoms with Gasteiger partial charge in [-0.25, -0.2) is 0 Å². The Labute approximate surface area is 102 Å². The van der Waals surface area contributed by atoms with Gasteiger partial charge in [0.2, 0.25) is 0 Å². The molecule has 0 aliphatic carbocycles. The van der Waals surface area contributed by atoms with Gasteiger partial charge in [0.05, 0.1) is 0 Å². The molecular weight excluding hydrogens is 222 g/mol. The van der Waals surface area contributed by atoms with Crippen LogP contribution < -0.4 is 5.73 Å². The fourth-order valence-corrected chi connectivity index (χ4v) is 1.68. The first-order chi connectivity index (χ1) is 7.54. The molecule has 88 valence electrons. The molecule has 0 unspecified atom stereocenters. The van der Waals surface area contributed by atoms with Crippen molar-refractivity contribution in [2.75, 3.05) is 6.54 Å². The molecule has 0 aliphatic heterocycles. The van der Waals surface area contributed by atoms with Crippen molar-refractivity contribution in [2.24, 2.45) is 11.7 Å². The number of Topliss-reactive ketones (excluding diaryl/α,β-unsaturated/α-hetero) is 1. The average Bonchev–Trinajstić information content (AvgIpc) is 2.26. The lowest BCUT2D eigenvalue weighted by molar-refractivity contribution is -0.122. The molecule has 0 bridgehead atoms. The lowest BCUT2D eigenvalue weighted by Crippen LogP contribution is -2.19. The van der Waals surface area contributed by atoms with E-state index in [-0.39, 0.29) is 17.6 Å². The SMILES string of the molecule is CC(C)C(=O)C[C@@H](CN)c1ccc(Cl)cc1. The van der Waals surface area contributed by atoms with E-state index in [1.807, 2.05) is 38.1 Å². The standard InChI is InChI=1S/C13H18ClNO/c1-9(2)13(16)7-11(8-15)10-3-5-12(14)6-4-10/h3-6,9,11H,7-8,15H2,1-2H3/t11-/m0/s1. The Bertz CT molecular complexity index is 345. The number of benzene rings is 1. The zero-order chi connectivity index (χ0) is 12.1. The van der Waals surface area contributed by atoms with Crippen LogP contribution in [-0.4, -0.2) is 12.3 Å². The fourth-order valence-electron chi connectivity index (χ4n) is 1.55. The van der Waals surface area contributed by atoms with Gasteiger partial charge in [0, 0.05) is 23.3 Å². The molecule has 1 rings (SSSR count). The third-order valence-electron chi connectivity index (χ3n) is 2.72. The van der Waals surface area contributed by atoms with Crippen LogP contribution in [-0.2, 0) is 4.79 Å². The molecule has 3 heteroatoms. The number of hydrogen-bond acceptors (Lipinski definition) is 2. The molecule has 16 heavy (non-hydrogen) atoms. The van der Waals surface area contributed by atoms with Crippen molar-refractivity contribution >= 4 is 17.4 Å². The first-order valence-electron chi connectivity index (χ1n) is 5.52. The summed E-state index contributed by atoms with van der Waals surface area (Å²) in [5, 5.41) is 0.703. The van der Waals surface area contributed by atoms with Crippen LogP contribution in [0.15, 0.2) is 24.3 Å². The minimum absolute atomic E-state index is 0.0707. The van der Waals surface area contributed by atoms with E-state index >= 15 is 0 Å². The third-order valence-corrected chi connectivity index (χ3v) is 2.97. The largest absolute Gasteiger partial charge is 0.330 e. The molecule has 1 aromatic rings. The van der Waals surface area contributed by atoms with Gasteiger partial charge in [0.25, 0.3) is 0 Å². The van der Waals surface area contributed by atoms with Crippen molar-refractivity contribution in [3.05, 3.63) is 34.9 Å². The van der Waals surface area contributed by atoms with Gasteiger partial charge in [0.15, 0.2) is 0 Å². The van der Waals surface area contributed by atoms with Crippen LogP contribution in [0, 0.1) is 5.92 Å². The first-order valence-corrected chi connectivity index (χ1v) is 5.90. The second-order valence-electron chi connectivity index (χ2n) is 4.31. The summed E-state index contributed by atoms with van der Waals surface area (Å²) >= 11 is 5.82. The number of carbonyl (C=O) groups is 1. The van der Waals surface area contributed by atoms with Gasteiger partial charge in [-0.15, -0.1) is 0 Å². The van der Waals surface area contributed by atoms with Gasteiger partial charge >= 0.3 is 0 Å². The van der Waals surface area contributed by atoms with E-state index < -0.39 is 0 Å². The van der Waals surface area contributed by atoms with Gasteiger partial charge in [-0.3, -0.25) is 4.79 Å². The molecule has 0 spiro atoms. The summed E-state index contributed by atoms with van der Waals surface area (Å²) in [6.45, 7) is 4.32. The van der Waals surface area contributed by atoms with Gasteiger partial charge in [0.1, 0.15) is 5.78 Å². The second kappa shape index (κ2) is 6.02. The Morgan fingerprint density at radius 2 is 1.88 bits per heavy atom. The van der Waals surface area contributed by atoms with Crippen LogP contribution in [0.1, 0.15) is 31.7 Å². The van der Waals surface area contributed by atoms with Crippen LogP contribution in [0.2, 0.25) is 5.02 Å². The predicted molar refractivity (Wildman–Crippen MR) is 67.7 cm³/mol. The van der Waals surface area contributed by atoms with E-state index in [0.717, 1.165) is 5.56 Å². The van der Waals surface area contributed by atoms with Crippen LogP contribution in [0.4, 0.5) is 0 Å². The molecule has 0 fully saturated rings. The van der Waals surface area contributed by atoms with E-state index in [4.69, 9.17) is 17.3 Å². The molecule has 0 saturated carbocycles. The Kier molecular flexibility index (Phi) is 4.97. The number of hydrogen-bond donors (Lipinski definition) is 1. The van der Waals surface area contributed by atoms with Crippen molar-refractivity contribution in [1.29, 1.82) is 0 Å². The molecule has 0 heterocycles. The molecule has 2 N–H and O–H groups in total. The van der Waals surface area contributed by atoms with Crippen LogP contribution >= 0.6 is 11.6 Å². The zero-order valence-electron chi connectivity index (χ0n) is 9.74. The highest BCUT2D eigenvalue weighted by Gasteiger charge is 2.16. The number of ketones is 1. The number of halogens is 1. The maximum absolute atomic E-state index is 11.7. The summed E-state index contributed by atoms with van der Waals surface area (Å²) in [5.41, 5.74) is 6.79. The maximum Gasteiger partial charge on any atom is 0.136 e. The van der Waals surface area contributed by atoms with Gasteiger partial charge in [-0.05, 0) is 24.2 Å². The molecule has 1 aromatic carbocycles. The lowest BCUT2D eigenvalue weighted by atomic mass is 9.90. The quantitative estimate of drug-likeness (QED) is 0.859. The Morgan fingerprint density at radius 1 is 1.31 bits per heavy atom. The van der Waals surface area contributed by atoms with Crippen molar-refractivity contribution in [3.63, 3.8) is 0 Å². The number of carbonyl (C=O) groups excluding carboxylic acids is 1. The van der Waals surface area contributed by atoms with E-state index in [1.54, 1.807) is 0 Å². The topological polar surface area (TPSA) is 43.1 Å². The number of nitrogens with two attached hydrogens (primary N) is 1. The zero-order valence-corrected chi connectivity index (χ0v) is 10.5. The first kappa shape index (κ1) is 13.2. The van der Waals surface area contributed by atoms with Gasteiger partial charge in [-0.2, -0.15) is 0 Å². The lowest BCUT2D eigenvalue weighted by Gasteiger charge is -2.15. The molecule has 1 atom stereocenters. The van der Waals surface area contributed by atoms with Crippen LogP contribution in [0.5, 0.6) is 0 Å². The Balaban J connectivity index is 2.74. The molecule has 2 nitrogen and oxygen atoms in total. The molecule has 0 aliphatic rings.